The molecule has 126 valence electrons. The first-order chi connectivity index (χ1) is 10.8. The van der Waals surface area contributed by atoms with Gasteiger partial charge in [0, 0.05) is 18.5 Å². The molecule has 1 aliphatic rings. The van der Waals surface area contributed by atoms with E-state index in [-0.39, 0.29) is 22.9 Å². The van der Waals surface area contributed by atoms with Crippen molar-refractivity contribution in [3.05, 3.63) is 35.4 Å². The lowest BCUT2D eigenvalue weighted by Crippen LogP contribution is -2.39. The molecule has 0 saturated heterocycles. The third-order valence-corrected chi connectivity index (χ3v) is 3.34. The smallest absolute Gasteiger partial charge is 0.406 e. The van der Waals surface area contributed by atoms with E-state index in [0.717, 1.165) is 0 Å². The van der Waals surface area contributed by atoms with Gasteiger partial charge in [0.2, 0.25) is 0 Å². The number of hydrogen-bond donors (Lipinski definition) is 0. The van der Waals surface area contributed by atoms with E-state index in [2.05, 4.69) is 6.58 Å². The number of carbonyl (C=O) groups is 1. The van der Waals surface area contributed by atoms with Crippen molar-refractivity contribution in [3.8, 4) is 11.5 Å². The van der Waals surface area contributed by atoms with E-state index in [1.165, 1.54) is 18.2 Å². The highest BCUT2D eigenvalue weighted by molar-refractivity contribution is 6.32. The molecule has 0 unspecified atom stereocenters. The topological polar surface area (TPSA) is 38.8 Å². The molecule has 1 aromatic carbocycles. The SMILES string of the molecule is C=CCN(CC(F)(F)F)C(=O)c1cc(Cl)c2c(c1)OCCCO2. The molecule has 0 fully saturated rings. The van der Waals surface area contributed by atoms with Crippen LogP contribution in [0.1, 0.15) is 16.8 Å². The molecule has 0 aromatic heterocycles. The lowest BCUT2D eigenvalue weighted by Gasteiger charge is -2.23. The predicted molar refractivity (Wildman–Crippen MR) is 79.2 cm³/mol. The highest BCUT2D eigenvalue weighted by Gasteiger charge is 2.33. The number of fused-ring (bicyclic) bond motifs is 1. The second kappa shape index (κ2) is 7.12. The number of nitrogens with zero attached hydrogens (tertiary/aromatic N) is 1. The summed E-state index contributed by atoms with van der Waals surface area (Å²) in [7, 11) is 0. The number of alkyl halides is 3. The summed E-state index contributed by atoms with van der Waals surface area (Å²) in [4.78, 5) is 13.0. The Labute approximate surface area is 136 Å². The quantitative estimate of drug-likeness (QED) is 0.778. The molecule has 0 bridgehead atoms. The lowest BCUT2D eigenvalue weighted by atomic mass is 10.1. The Bertz CT molecular complexity index is 604. The summed E-state index contributed by atoms with van der Waals surface area (Å²) in [5, 5.41) is 0.123. The van der Waals surface area contributed by atoms with Crippen LogP contribution in [-0.2, 0) is 0 Å². The largest absolute Gasteiger partial charge is 0.489 e. The minimum absolute atomic E-state index is 0.00495. The van der Waals surface area contributed by atoms with E-state index < -0.39 is 18.6 Å². The molecule has 0 spiro atoms. The van der Waals surface area contributed by atoms with Gasteiger partial charge in [-0.1, -0.05) is 17.7 Å². The molecular formula is C15H15ClF3NO3. The fourth-order valence-corrected chi connectivity index (χ4v) is 2.39. The molecule has 0 aliphatic carbocycles. The fraction of sp³-hybridized carbons (Fsp3) is 0.400. The lowest BCUT2D eigenvalue weighted by molar-refractivity contribution is -0.139. The van der Waals surface area contributed by atoms with Gasteiger partial charge in [0.25, 0.3) is 5.91 Å². The number of halogens is 4. The molecule has 1 heterocycles. The van der Waals surface area contributed by atoms with Crippen LogP contribution in [0.2, 0.25) is 5.02 Å². The summed E-state index contributed by atoms with van der Waals surface area (Å²) < 4.78 is 48.7. The van der Waals surface area contributed by atoms with Crippen molar-refractivity contribution in [2.45, 2.75) is 12.6 Å². The first-order valence-electron chi connectivity index (χ1n) is 6.88. The Hall–Kier alpha value is -1.89. The third-order valence-electron chi connectivity index (χ3n) is 3.06. The maximum absolute atomic E-state index is 12.6. The van der Waals surface area contributed by atoms with Gasteiger partial charge in [-0.05, 0) is 12.1 Å². The predicted octanol–water partition coefficient (Wildman–Crippen LogP) is 3.69. The number of benzene rings is 1. The molecule has 1 aliphatic heterocycles. The second-order valence-corrected chi connectivity index (χ2v) is 5.33. The Morgan fingerprint density at radius 3 is 2.70 bits per heavy atom. The Balaban J connectivity index is 2.32. The van der Waals surface area contributed by atoms with Crippen molar-refractivity contribution in [3.63, 3.8) is 0 Å². The van der Waals surface area contributed by atoms with Crippen molar-refractivity contribution in [2.75, 3.05) is 26.3 Å². The molecule has 0 saturated carbocycles. The van der Waals surface area contributed by atoms with Crippen LogP contribution in [0.25, 0.3) is 0 Å². The molecule has 1 aromatic rings. The highest BCUT2D eigenvalue weighted by Crippen LogP contribution is 2.38. The minimum Gasteiger partial charge on any atom is -0.489 e. The average Bonchev–Trinajstić information content (AvgIpc) is 2.70. The van der Waals surface area contributed by atoms with E-state index in [1.54, 1.807) is 0 Å². The number of ether oxygens (including phenoxy) is 2. The molecule has 8 heteroatoms. The van der Waals surface area contributed by atoms with Crippen LogP contribution in [0.4, 0.5) is 13.2 Å². The van der Waals surface area contributed by atoms with Gasteiger partial charge in [-0.25, -0.2) is 0 Å². The van der Waals surface area contributed by atoms with Gasteiger partial charge in [-0.2, -0.15) is 13.2 Å². The van der Waals surface area contributed by atoms with Gasteiger partial charge in [-0.15, -0.1) is 6.58 Å². The van der Waals surface area contributed by atoms with E-state index >= 15 is 0 Å². The van der Waals surface area contributed by atoms with Crippen molar-refractivity contribution in [2.24, 2.45) is 0 Å². The van der Waals surface area contributed by atoms with Gasteiger partial charge in [0.05, 0.1) is 18.2 Å². The average molecular weight is 350 g/mol. The molecular weight excluding hydrogens is 335 g/mol. The Kier molecular flexibility index (Phi) is 5.41. The molecule has 1 amide bonds. The minimum atomic E-state index is -4.51. The monoisotopic (exact) mass is 349 g/mol. The Morgan fingerprint density at radius 2 is 2.04 bits per heavy atom. The van der Waals surface area contributed by atoms with Gasteiger partial charge < -0.3 is 14.4 Å². The van der Waals surface area contributed by atoms with E-state index in [0.29, 0.717) is 30.3 Å². The summed E-state index contributed by atoms with van der Waals surface area (Å²) in [5.74, 6) is -0.254. The standard InChI is InChI=1S/C15H15ClF3NO3/c1-2-4-20(9-15(17,18)19)14(21)10-7-11(16)13-12(8-10)22-5-3-6-23-13/h2,7-8H,1,3-6,9H2. The molecule has 0 radical (unpaired) electrons. The normalized spacial score (nSPS) is 14.1. The van der Waals surface area contributed by atoms with Gasteiger partial charge in [0.1, 0.15) is 6.54 Å². The maximum atomic E-state index is 12.6. The van der Waals surface area contributed by atoms with Crippen LogP contribution in [0.5, 0.6) is 11.5 Å². The second-order valence-electron chi connectivity index (χ2n) is 4.93. The van der Waals surface area contributed by atoms with Crippen LogP contribution in [0.15, 0.2) is 24.8 Å². The zero-order valence-corrected chi connectivity index (χ0v) is 12.9. The summed E-state index contributed by atoms with van der Waals surface area (Å²) in [6.45, 7) is 2.56. The van der Waals surface area contributed by atoms with Crippen LogP contribution in [0, 0.1) is 0 Å². The van der Waals surface area contributed by atoms with Crippen molar-refractivity contribution < 1.29 is 27.4 Å². The number of amides is 1. The van der Waals surface area contributed by atoms with Crippen LogP contribution in [0.3, 0.4) is 0 Å². The maximum Gasteiger partial charge on any atom is 0.406 e. The molecule has 2 rings (SSSR count). The van der Waals surface area contributed by atoms with E-state index in [9.17, 15) is 18.0 Å². The van der Waals surface area contributed by atoms with Gasteiger partial charge >= 0.3 is 6.18 Å². The summed E-state index contributed by atoms with van der Waals surface area (Å²) in [6, 6.07) is 2.63. The zero-order chi connectivity index (χ0) is 17.0. The Morgan fingerprint density at radius 1 is 1.35 bits per heavy atom. The van der Waals surface area contributed by atoms with E-state index in [1.807, 2.05) is 0 Å². The van der Waals surface area contributed by atoms with Crippen molar-refractivity contribution in [1.29, 1.82) is 0 Å². The summed E-state index contributed by atoms with van der Waals surface area (Å²) in [5.41, 5.74) is 0.00495. The zero-order valence-electron chi connectivity index (χ0n) is 12.2. The third kappa shape index (κ3) is 4.54. The number of rotatable bonds is 4. The first-order valence-corrected chi connectivity index (χ1v) is 7.25. The first kappa shape index (κ1) is 17.5. The van der Waals surface area contributed by atoms with Gasteiger partial charge in [-0.3, -0.25) is 4.79 Å². The van der Waals surface area contributed by atoms with E-state index in [4.69, 9.17) is 21.1 Å². The highest BCUT2D eigenvalue weighted by atomic mass is 35.5. The molecule has 23 heavy (non-hydrogen) atoms. The molecule has 0 N–H and O–H groups in total. The van der Waals surface area contributed by atoms with Crippen LogP contribution in [-0.4, -0.2) is 43.3 Å². The van der Waals surface area contributed by atoms with Gasteiger partial charge in [0.15, 0.2) is 11.5 Å². The van der Waals surface area contributed by atoms with Crippen molar-refractivity contribution in [1.82, 2.24) is 4.90 Å². The summed E-state index contributed by atoms with van der Waals surface area (Å²) in [6.07, 6.45) is -2.63. The molecule has 4 nitrogen and oxygen atoms in total. The molecule has 0 atom stereocenters. The van der Waals surface area contributed by atoms with Crippen LogP contribution < -0.4 is 9.47 Å². The fourth-order valence-electron chi connectivity index (χ4n) is 2.13. The van der Waals surface area contributed by atoms with Crippen molar-refractivity contribution >= 4 is 17.5 Å². The summed E-state index contributed by atoms with van der Waals surface area (Å²) >= 11 is 6.06. The number of hydrogen-bond acceptors (Lipinski definition) is 3. The van der Waals surface area contributed by atoms with Crippen LogP contribution >= 0.6 is 11.6 Å². The number of carbonyl (C=O) groups excluding carboxylic acids is 1.